The number of piperidine rings is 1. The van der Waals surface area contributed by atoms with Gasteiger partial charge < -0.3 is 15.1 Å². The van der Waals surface area contributed by atoms with Gasteiger partial charge in [-0.25, -0.2) is 13.1 Å². The third kappa shape index (κ3) is 5.33. The molecule has 0 atom stereocenters. The van der Waals surface area contributed by atoms with Gasteiger partial charge in [-0.1, -0.05) is 42.5 Å². The van der Waals surface area contributed by atoms with Gasteiger partial charge in [-0.05, 0) is 56.4 Å². The van der Waals surface area contributed by atoms with E-state index >= 15 is 0 Å². The number of carbonyl (C=O) groups excluding carboxylic acids is 1. The highest BCUT2D eigenvalue weighted by Gasteiger charge is 2.29. The molecule has 0 aliphatic carbocycles. The van der Waals surface area contributed by atoms with Crippen molar-refractivity contribution in [2.24, 2.45) is 0 Å². The first-order valence-corrected chi connectivity index (χ1v) is 14.3. The Morgan fingerprint density at radius 2 is 1.49 bits per heavy atom. The highest BCUT2D eigenvalue weighted by molar-refractivity contribution is 7.89. The number of carbonyl (C=O) groups is 1. The van der Waals surface area contributed by atoms with Crippen LogP contribution in [0.5, 0.6) is 0 Å². The summed E-state index contributed by atoms with van der Waals surface area (Å²) in [5.74, 6) is 0.330. The van der Waals surface area contributed by atoms with Gasteiger partial charge in [0.25, 0.3) is 5.91 Å². The van der Waals surface area contributed by atoms with E-state index in [4.69, 9.17) is 5.41 Å². The Labute approximate surface area is 218 Å². The first-order chi connectivity index (χ1) is 17.8. The molecule has 194 valence electrons. The Kier molecular flexibility index (Phi) is 7.17. The predicted octanol–water partition coefficient (Wildman–Crippen LogP) is 4.17. The van der Waals surface area contributed by atoms with Gasteiger partial charge in [-0.2, -0.15) is 0 Å². The maximum absolute atomic E-state index is 13.5. The van der Waals surface area contributed by atoms with Gasteiger partial charge in [0.2, 0.25) is 10.0 Å². The molecule has 9 heteroatoms. The van der Waals surface area contributed by atoms with Gasteiger partial charge in [0.15, 0.2) is 5.96 Å². The molecular formula is C28H33N5O3S. The highest BCUT2D eigenvalue weighted by Crippen LogP contribution is 2.30. The smallest absolute Gasteiger partial charge is 0.255 e. The second-order valence-corrected chi connectivity index (χ2v) is 11.5. The van der Waals surface area contributed by atoms with Crippen molar-refractivity contribution in [3.63, 3.8) is 0 Å². The maximum Gasteiger partial charge on any atom is 0.255 e. The molecule has 2 aliphatic rings. The zero-order valence-electron chi connectivity index (χ0n) is 21.0. The van der Waals surface area contributed by atoms with Crippen molar-refractivity contribution in [3.05, 3.63) is 71.8 Å². The molecule has 0 aromatic heterocycles. The highest BCUT2D eigenvalue weighted by atomic mass is 32.2. The van der Waals surface area contributed by atoms with E-state index in [0.29, 0.717) is 53.9 Å². The fourth-order valence-electron chi connectivity index (χ4n) is 5.25. The van der Waals surface area contributed by atoms with Crippen LogP contribution in [0.3, 0.4) is 0 Å². The van der Waals surface area contributed by atoms with Crippen molar-refractivity contribution in [3.8, 4) is 0 Å². The minimum atomic E-state index is -3.79. The molecule has 2 aliphatic heterocycles. The third-order valence-electron chi connectivity index (χ3n) is 7.33. The van der Waals surface area contributed by atoms with E-state index in [0.717, 1.165) is 31.5 Å². The van der Waals surface area contributed by atoms with Crippen LogP contribution in [0.1, 0.15) is 41.6 Å². The van der Waals surface area contributed by atoms with Crippen molar-refractivity contribution >= 4 is 38.3 Å². The topological polar surface area (TPSA) is 106 Å². The van der Waals surface area contributed by atoms with Crippen LogP contribution in [0, 0.1) is 12.3 Å². The number of likely N-dealkylation sites (tertiary alicyclic amines) is 2. The molecule has 0 radical (unpaired) electrons. The monoisotopic (exact) mass is 519 g/mol. The molecule has 37 heavy (non-hydrogen) atoms. The van der Waals surface area contributed by atoms with Crippen LogP contribution in [0.15, 0.2) is 65.6 Å². The summed E-state index contributed by atoms with van der Waals surface area (Å²) in [7, 11) is -3.79. The van der Waals surface area contributed by atoms with Gasteiger partial charge >= 0.3 is 0 Å². The summed E-state index contributed by atoms with van der Waals surface area (Å²) >= 11 is 0. The van der Waals surface area contributed by atoms with Gasteiger partial charge in [-0.3, -0.25) is 10.2 Å². The van der Waals surface area contributed by atoms with Gasteiger partial charge in [0.05, 0.1) is 4.90 Å². The predicted molar refractivity (Wildman–Crippen MR) is 147 cm³/mol. The Balaban J connectivity index is 1.32. The number of amides is 1. The summed E-state index contributed by atoms with van der Waals surface area (Å²) in [6, 6.07) is 17.6. The molecule has 8 nitrogen and oxygen atoms in total. The summed E-state index contributed by atoms with van der Waals surface area (Å²) in [6.07, 6.45) is 3.55. The number of fused-ring (bicyclic) bond motifs is 1. The molecule has 2 fully saturated rings. The summed E-state index contributed by atoms with van der Waals surface area (Å²) < 4.78 is 29.9. The number of rotatable bonds is 5. The second-order valence-electron chi connectivity index (χ2n) is 9.83. The molecule has 2 heterocycles. The zero-order valence-corrected chi connectivity index (χ0v) is 21.9. The number of hydrogen-bond donors (Lipinski definition) is 3. The molecule has 3 aromatic rings. The lowest BCUT2D eigenvalue weighted by atomic mass is 10.1. The van der Waals surface area contributed by atoms with E-state index in [2.05, 4.69) is 19.8 Å². The van der Waals surface area contributed by atoms with Crippen molar-refractivity contribution in [2.75, 3.05) is 31.5 Å². The number of nitrogens with one attached hydrogen (secondary N) is 3. The zero-order chi connectivity index (χ0) is 26.0. The summed E-state index contributed by atoms with van der Waals surface area (Å²) in [5.41, 5.74) is 2.01. The fraction of sp³-hybridized carbons (Fsp3) is 0.357. The quantitative estimate of drug-likeness (QED) is 0.347. The minimum Gasteiger partial charge on any atom is -0.343 e. The largest absolute Gasteiger partial charge is 0.343 e. The Bertz CT molecular complexity index is 1420. The van der Waals surface area contributed by atoms with Crippen LogP contribution in [0.2, 0.25) is 0 Å². The molecule has 1 amide bonds. The molecule has 5 rings (SSSR count). The maximum atomic E-state index is 13.5. The fourth-order valence-corrected chi connectivity index (χ4v) is 6.77. The average Bonchev–Trinajstić information content (AvgIpc) is 3.44. The van der Waals surface area contributed by atoms with Crippen LogP contribution >= 0.6 is 0 Å². The lowest BCUT2D eigenvalue weighted by Crippen LogP contribution is -2.50. The second kappa shape index (κ2) is 10.5. The van der Waals surface area contributed by atoms with Crippen molar-refractivity contribution in [2.45, 2.75) is 43.5 Å². The molecule has 0 bridgehead atoms. The van der Waals surface area contributed by atoms with Gasteiger partial charge in [0.1, 0.15) is 0 Å². The van der Waals surface area contributed by atoms with Crippen LogP contribution in [-0.4, -0.2) is 62.3 Å². The Hall–Kier alpha value is -3.43. The molecular weight excluding hydrogens is 486 g/mol. The molecule has 3 N–H and O–H groups in total. The number of benzene rings is 3. The summed E-state index contributed by atoms with van der Waals surface area (Å²) in [5, 5.41) is 12.7. The Morgan fingerprint density at radius 1 is 0.865 bits per heavy atom. The third-order valence-corrected chi connectivity index (χ3v) is 8.91. The van der Waals surface area contributed by atoms with Crippen LogP contribution in [0.25, 0.3) is 10.8 Å². The van der Waals surface area contributed by atoms with E-state index in [1.54, 1.807) is 30.3 Å². The first-order valence-electron chi connectivity index (χ1n) is 12.8. The standard InChI is InChI=1S/C28H33N5O3S/c1-20-8-2-3-9-22(20)27(34)30-25-12-13-26(24-11-5-4-10-23(24)25)37(35,36)31-21-14-18-33(19-15-21)28(29)32-16-6-7-17-32/h2-5,8-13,21,29,31H,6-7,14-19H2,1H3,(H,30,34). The van der Waals surface area contributed by atoms with E-state index < -0.39 is 10.0 Å². The van der Waals surface area contributed by atoms with Crippen molar-refractivity contribution in [1.29, 1.82) is 5.41 Å². The number of anilines is 1. The lowest BCUT2D eigenvalue weighted by Gasteiger charge is -2.36. The first kappa shape index (κ1) is 25.2. The lowest BCUT2D eigenvalue weighted by molar-refractivity contribution is 0.102. The SMILES string of the molecule is Cc1ccccc1C(=O)Nc1ccc(S(=O)(=O)NC2CCN(C(=N)N3CCCC3)CC2)c2ccccc12. The number of hydrogen-bond acceptors (Lipinski definition) is 4. The number of aryl methyl sites for hydroxylation is 1. The number of guanidine groups is 1. The van der Waals surface area contributed by atoms with E-state index in [1.807, 2.05) is 37.3 Å². The van der Waals surface area contributed by atoms with E-state index in [1.165, 1.54) is 0 Å². The molecule has 2 saturated heterocycles. The van der Waals surface area contributed by atoms with Crippen LogP contribution < -0.4 is 10.0 Å². The van der Waals surface area contributed by atoms with Crippen LogP contribution in [0.4, 0.5) is 5.69 Å². The number of sulfonamides is 1. The number of nitrogens with zero attached hydrogens (tertiary/aromatic N) is 2. The van der Waals surface area contributed by atoms with Gasteiger partial charge in [0, 0.05) is 54.2 Å². The van der Waals surface area contributed by atoms with Gasteiger partial charge in [-0.15, -0.1) is 0 Å². The molecule has 0 unspecified atom stereocenters. The van der Waals surface area contributed by atoms with Crippen LogP contribution in [-0.2, 0) is 10.0 Å². The van der Waals surface area contributed by atoms with E-state index in [9.17, 15) is 13.2 Å². The normalized spacial score (nSPS) is 16.8. The molecule has 3 aromatic carbocycles. The summed E-state index contributed by atoms with van der Waals surface area (Å²) in [4.78, 5) is 17.3. The van der Waals surface area contributed by atoms with Crippen molar-refractivity contribution < 1.29 is 13.2 Å². The molecule has 0 saturated carbocycles. The minimum absolute atomic E-state index is 0.188. The Morgan fingerprint density at radius 3 is 2.19 bits per heavy atom. The van der Waals surface area contributed by atoms with E-state index in [-0.39, 0.29) is 16.8 Å². The summed E-state index contributed by atoms with van der Waals surface area (Å²) in [6.45, 7) is 5.06. The average molecular weight is 520 g/mol. The van der Waals surface area contributed by atoms with Crippen molar-refractivity contribution in [1.82, 2.24) is 14.5 Å². The molecule has 0 spiro atoms.